The van der Waals surface area contributed by atoms with Gasteiger partial charge in [-0.05, 0) is 13.8 Å². The average Bonchev–Trinajstić information content (AvgIpc) is 2.10. The molecule has 0 saturated carbocycles. The number of ether oxygens (including phenoxy) is 1. The Balaban J connectivity index is 3.39. The fourth-order valence-corrected chi connectivity index (χ4v) is 2.38. The van der Waals surface area contributed by atoms with E-state index in [1.165, 1.54) is 6.92 Å². The Morgan fingerprint density at radius 2 is 1.95 bits per heavy atom. The summed E-state index contributed by atoms with van der Waals surface area (Å²) in [5.74, 6) is 0.0462. The summed E-state index contributed by atoms with van der Waals surface area (Å²) in [5, 5.41) is 0. The number of aromatic nitrogens is 1. The van der Waals surface area contributed by atoms with Gasteiger partial charge < -0.3 is 9.53 Å². The summed E-state index contributed by atoms with van der Waals surface area (Å²) in [6.07, 6.45) is 0.160. The Hall–Kier alpha value is -1.65. The first kappa shape index (κ1) is 15.4. The van der Waals surface area contributed by atoms with Gasteiger partial charge in [0.25, 0.3) is 0 Å². The third-order valence-corrected chi connectivity index (χ3v) is 2.84. The summed E-state index contributed by atoms with van der Waals surface area (Å²) in [6.45, 7) is 8.76. The molecule has 0 bridgehead atoms. The lowest BCUT2D eigenvalue weighted by molar-refractivity contribution is -0.131. The van der Waals surface area contributed by atoms with Gasteiger partial charge in [-0.3, -0.25) is 9.78 Å². The molecule has 2 radical (unpaired) electrons. The van der Waals surface area contributed by atoms with Crippen LogP contribution in [0.4, 0.5) is 0 Å². The van der Waals surface area contributed by atoms with Crippen LogP contribution >= 0.6 is 0 Å². The van der Waals surface area contributed by atoms with Gasteiger partial charge in [0.2, 0.25) is 0 Å². The van der Waals surface area contributed by atoms with Crippen LogP contribution in [0.3, 0.4) is 0 Å². The molecule has 0 atom stereocenters. The lowest BCUT2D eigenvalue weighted by Gasteiger charge is -2.28. The number of rotatable bonds is 4. The van der Waals surface area contributed by atoms with E-state index in [0.717, 1.165) is 17.0 Å². The Morgan fingerprint density at radius 1 is 1.37 bits per heavy atom. The smallest absolute Gasteiger partial charge is 0.308 e. The van der Waals surface area contributed by atoms with E-state index in [1.54, 1.807) is 6.07 Å². The van der Waals surface area contributed by atoms with Gasteiger partial charge in [-0.15, -0.1) is 0 Å². The Bertz CT molecular complexity index is 524. The van der Waals surface area contributed by atoms with Crippen molar-refractivity contribution in [3.8, 4) is 5.75 Å². The Labute approximate surface area is 115 Å². The molecule has 0 unspecified atom stereocenters. The zero-order valence-corrected chi connectivity index (χ0v) is 12.0. The fourth-order valence-electron chi connectivity index (χ4n) is 2.38. The van der Waals surface area contributed by atoms with Crippen LogP contribution in [0.1, 0.15) is 44.1 Å². The molecule has 100 valence electrons. The predicted octanol–water partition coefficient (Wildman–Crippen LogP) is 1.99. The summed E-state index contributed by atoms with van der Waals surface area (Å²) in [7, 11) is 5.28. The van der Waals surface area contributed by atoms with Gasteiger partial charge in [-0.2, -0.15) is 0 Å². The van der Waals surface area contributed by atoms with Crippen molar-refractivity contribution in [3.05, 3.63) is 23.0 Å². The van der Waals surface area contributed by atoms with Gasteiger partial charge in [0.15, 0.2) is 7.85 Å². The number of carbonyl (C=O) groups excluding carboxylic acids is 2. The second-order valence-corrected chi connectivity index (χ2v) is 5.34. The third kappa shape index (κ3) is 3.91. The van der Waals surface area contributed by atoms with Crippen molar-refractivity contribution in [2.24, 2.45) is 0 Å². The van der Waals surface area contributed by atoms with Gasteiger partial charge in [0.1, 0.15) is 5.75 Å². The molecule has 0 spiro atoms. The number of esters is 1. The largest absolute Gasteiger partial charge is 0.426 e. The molecule has 0 saturated heterocycles. The molecule has 0 N–H and O–H groups in total. The van der Waals surface area contributed by atoms with Crippen molar-refractivity contribution in [2.75, 3.05) is 0 Å². The second kappa shape index (κ2) is 5.55. The van der Waals surface area contributed by atoms with Crippen molar-refractivity contribution >= 4 is 19.5 Å². The van der Waals surface area contributed by atoms with Crippen LogP contribution in [-0.2, 0) is 15.0 Å². The van der Waals surface area contributed by atoms with Crippen molar-refractivity contribution in [2.45, 2.75) is 46.5 Å². The van der Waals surface area contributed by atoms with E-state index >= 15 is 0 Å². The van der Waals surface area contributed by atoms with Crippen LogP contribution in [-0.4, -0.2) is 24.5 Å². The summed E-state index contributed by atoms with van der Waals surface area (Å²) >= 11 is 0. The Morgan fingerprint density at radius 3 is 2.42 bits per heavy atom. The van der Waals surface area contributed by atoms with E-state index in [1.807, 2.05) is 27.7 Å². The molecule has 1 aromatic rings. The van der Waals surface area contributed by atoms with E-state index in [4.69, 9.17) is 12.6 Å². The average molecular weight is 259 g/mol. The number of aryl methyl sites for hydroxylation is 2. The second-order valence-electron chi connectivity index (χ2n) is 5.34. The SMILES string of the molecule is [B]C(=O)CC(C)(C)c1c(OC(C)=O)cc(C)nc1C. The van der Waals surface area contributed by atoms with Crippen molar-refractivity contribution in [1.82, 2.24) is 4.98 Å². The molecule has 0 aliphatic carbocycles. The van der Waals surface area contributed by atoms with Crippen molar-refractivity contribution < 1.29 is 14.3 Å². The van der Waals surface area contributed by atoms with Gasteiger partial charge in [0.05, 0.1) is 5.68 Å². The predicted molar refractivity (Wildman–Crippen MR) is 73.4 cm³/mol. The number of pyridine rings is 1. The highest BCUT2D eigenvalue weighted by molar-refractivity contribution is 6.57. The van der Waals surface area contributed by atoms with Gasteiger partial charge in [-0.25, -0.2) is 0 Å². The van der Waals surface area contributed by atoms with E-state index < -0.39 is 17.1 Å². The molecular formula is C14H18BNO3. The normalized spacial score (nSPS) is 11.2. The van der Waals surface area contributed by atoms with E-state index in [9.17, 15) is 9.59 Å². The summed E-state index contributed by atoms with van der Waals surface area (Å²) in [5.41, 5.74) is 1.29. The van der Waals surface area contributed by atoms with E-state index in [-0.39, 0.29) is 6.42 Å². The van der Waals surface area contributed by atoms with Crippen molar-refractivity contribution in [1.29, 1.82) is 0 Å². The maximum absolute atomic E-state index is 11.2. The van der Waals surface area contributed by atoms with Crippen LogP contribution in [0.2, 0.25) is 0 Å². The molecule has 0 amide bonds. The molecule has 5 heteroatoms. The minimum absolute atomic E-state index is 0.160. The first-order chi connectivity index (χ1) is 8.63. The van der Waals surface area contributed by atoms with Crippen LogP contribution in [0.5, 0.6) is 5.75 Å². The van der Waals surface area contributed by atoms with Gasteiger partial charge in [-0.1, -0.05) is 13.8 Å². The Kier molecular flexibility index (Phi) is 4.50. The maximum Gasteiger partial charge on any atom is 0.308 e. The number of nitrogens with zero attached hydrogens (tertiary/aromatic N) is 1. The number of carbonyl (C=O) groups is 2. The number of hydrogen-bond donors (Lipinski definition) is 0. The topological polar surface area (TPSA) is 56.3 Å². The van der Waals surface area contributed by atoms with E-state index in [0.29, 0.717) is 5.75 Å². The maximum atomic E-state index is 11.2. The lowest BCUT2D eigenvalue weighted by Crippen LogP contribution is -2.25. The van der Waals surface area contributed by atoms with Crippen LogP contribution in [0, 0.1) is 13.8 Å². The minimum atomic E-state index is -0.540. The summed E-state index contributed by atoms with van der Waals surface area (Å²) in [6, 6.07) is 1.70. The monoisotopic (exact) mass is 259 g/mol. The minimum Gasteiger partial charge on any atom is -0.426 e. The molecule has 1 heterocycles. The quantitative estimate of drug-likeness (QED) is 0.612. The molecule has 1 rings (SSSR count). The first-order valence-electron chi connectivity index (χ1n) is 6.09. The zero-order valence-electron chi connectivity index (χ0n) is 12.0. The van der Waals surface area contributed by atoms with Crippen molar-refractivity contribution in [3.63, 3.8) is 0 Å². The molecular weight excluding hydrogens is 241 g/mol. The summed E-state index contributed by atoms with van der Waals surface area (Å²) < 4.78 is 5.24. The van der Waals surface area contributed by atoms with Crippen LogP contribution in [0.15, 0.2) is 6.07 Å². The summed E-state index contributed by atoms with van der Waals surface area (Å²) in [4.78, 5) is 26.8. The standard InChI is InChI=1S/C14H18BNO3/c1-8-6-11(19-10(3)17)13(9(2)16-8)14(4,5)7-12(15)18/h6H,7H2,1-5H3. The van der Waals surface area contributed by atoms with Gasteiger partial charge in [0, 0.05) is 41.8 Å². The highest BCUT2D eigenvalue weighted by Gasteiger charge is 2.29. The third-order valence-electron chi connectivity index (χ3n) is 2.84. The molecule has 0 aliphatic heterocycles. The molecule has 1 aromatic heterocycles. The van der Waals surface area contributed by atoms with E-state index in [2.05, 4.69) is 4.98 Å². The fraction of sp³-hybridized carbons (Fsp3) is 0.500. The molecule has 4 nitrogen and oxygen atoms in total. The molecule has 0 aliphatic rings. The van der Waals surface area contributed by atoms with Gasteiger partial charge >= 0.3 is 5.97 Å². The molecule has 0 aromatic carbocycles. The van der Waals surface area contributed by atoms with Crippen LogP contribution in [0.25, 0.3) is 0 Å². The first-order valence-corrected chi connectivity index (χ1v) is 6.09. The van der Waals surface area contributed by atoms with Crippen LogP contribution < -0.4 is 4.74 Å². The highest BCUT2D eigenvalue weighted by Crippen LogP contribution is 2.36. The number of hydrogen-bond acceptors (Lipinski definition) is 4. The lowest BCUT2D eigenvalue weighted by atomic mass is 9.75. The molecule has 0 fully saturated rings. The molecule has 19 heavy (non-hydrogen) atoms. The zero-order chi connectivity index (χ0) is 14.8. The highest BCUT2D eigenvalue weighted by atomic mass is 16.5.